The predicted molar refractivity (Wildman–Crippen MR) is 86.2 cm³/mol. The Kier molecular flexibility index (Phi) is 4.71. The normalized spacial score (nSPS) is 12.5. The van der Waals surface area contributed by atoms with Crippen molar-refractivity contribution in [1.29, 1.82) is 0 Å². The molecule has 1 unspecified atom stereocenters. The summed E-state index contributed by atoms with van der Waals surface area (Å²) in [5.74, 6) is 0.758. The summed E-state index contributed by atoms with van der Waals surface area (Å²) in [6.07, 6.45) is -0.679. The second kappa shape index (κ2) is 5.95. The van der Waals surface area contributed by atoms with Gasteiger partial charge in [0.25, 0.3) is 0 Å². The molecule has 0 bridgehead atoms. The third-order valence-corrected chi connectivity index (χ3v) is 6.45. The van der Waals surface area contributed by atoms with E-state index in [1.54, 1.807) is 7.11 Å². The summed E-state index contributed by atoms with van der Waals surface area (Å²) in [7, 11) is 1.64. The van der Waals surface area contributed by atoms with Crippen LogP contribution in [0.25, 0.3) is 0 Å². The van der Waals surface area contributed by atoms with Crippen molar-refractivity contribution in [2.75, 3.05) is 7.11 Å². The van der Waals surface area contributed by atoms with Crippen LogP contribution in [0.5, 0.6) is 5.75 Å². The lowest BCUT2D eigenvalue weighted by atomic mass is 10.00. The molecule has 0 amide bonds. The van der Waals surface area contributed by atoms with Gasteiger partial charge in [-0.3, -0.25) is 0 Å². The fourth-order valence-corrected chi connectivity index (χ4v) is 4.04. The molecule has 2 aromatic rings. The van der Waals surface area contributed by atoms with Crippen LogP contribution < -0.4 is 4.74 Å². The Hall–Kier alpha value is -0.360. The third-order valence-electron chi connectivity index (χ3n) is 3.14. The number of ether oxygens (including phenoxy) is 1. The van der Waals surface area contributed by atoms with Crippen LogP contribution in [-0.2, 0) is 0 Å². The number of halogens is 2. The van der Waals surface area contributed by atoms with E-state index in [0.29, 0.717) is 0 Å². The molecule has 2 nitrogen and oxygen atoms in total. The standard InChI is InChI=1S/C14H14Br2O2S/c1-7-4-5-9(13(18-3)8(7)2)12(17)11-6-10(15)14(16)19-11/h4-6,12,17H,1-3H3. The number of hydrogen-bond donors (Lipinski definition) is 1. The van der Waals surface area contributed by atoms with Crippen molar-refractivity contribution in [3.05, 3.63) is 48.0 Å². The Balaban J connectivity index is 2.49. The maximum atomic E-state index is 10.5. The summed E-state index contributed by atoms with van der Waals surface area (Å²) in [6.45, 7) is 4.04. The molecule has 1 atom stereocenters. The highest BCUT2D eigenvalue weighted by Gasteiger charge is 2.20. The van der Waals surface area contributed by atoms with Gasteiger partial charge in [-0.1, -0.05) is 12.1 Å². The first-order chi connectivity index (χ1) is 8.95. The van der Waals surface area contributed by atoms with E-state index in [2.05, 4.69) is 31.9 Å². The summed E-state index contributed by atoms with van der Waals surface area (Å²) in [5.41, 5.74) is 3.02. The van der Waals surface area contributed by atoms with E-state index >= 15 is 0 Å². The zero-order valence-corrected chi connectivity index (χ0v) is 14.8. The molecule has 1 N–H and O–H groups in total. The van der Waals surface area contributed by atoms with E-state index in [1.165, 1.54) is 11.3 Å². The first kappa shape index (κ1) is 15.0. The number of thiophene rings is 1. The van der Waals surface area contributed by atoms with Crippen molar-refractivity contribution in [1.82, 2.24) is 0 Å². The Labute approximate surface area is 133 Å². The number of aryl methyl sites for hydroxylation is 1. The number of aliphatic hydroxyl groups is 1. The molecule has 19 heavy (non-hydrogen) atoms. The highest BCUT2D eigenvalue weighted by Crippen LogP contribution is 2.40. The first-order valence-corrected chi connectivity index (χ1v) is 8.12. The fraction of sp³-hybridized carbons (Fsp3) is 0.286. The summed E-state index contributed by atoms with van der Waals surface area (Å²) >= 11 is 8.40. The molecule has 0 aliphatic rings. The highest BCUT2D eigenvalue weighted by molar-refractivity contribution is 9.13. The zero-order chi connectivity index (χ0) is 14.2. The summed E-state index contributed by atoms with van der Waals surface area (Å²) < 4.78 is 7.39. The quantitative estimate of drug-likeness (QED) is 0.780. The molecule has 0 saturated carbocycles. The third kappa shape index (κ3) is 2.89. The van der Waals surface area contributed by atoms with Gasteiger partial charge in [0.15, 0.2) is 0 Å². The molecule has 0 aliphatic heterocycles. The topological polar surface area (TPSA) is 29.5 Å². The van der Waals surface area contributed by atoms with Gasteiger partial charge in [-0.15, -0.1) is 11.3 Å². The molecule has 0 spiro atoms. The molecule has 0 fully saturated rings. The van der Waals surface area contributed by atoms with Gasteiger partial charge in [0.2, 0.25) is 0 Å². The number of rotatable bonds is 3. The van der Waals surface area contributed by atoms with Crippen LogP contribution in [0.15, 0.2) is 26.5 Å². The Morgan fingerprint density at radius 1 is 1.26 bits per heavy atom. The first-order valence-electron chi connectivity index (χ1n) is 5.72. The van der Waals surface area contributed by atoms with Crippen LogP contribution in [0, 0.1) is 13.8 Å². The molecule has 102 valence electrons. The average molecular weight is 406 g/mol. The van der Waals surface area contributed by atoms with Crippen LogP contribution in [0.3, 0.4) is 0 Å². The Morgan fingerprint density at radius 2 is 1.95 bits per heavy atom. The van der Waals surface area contributed by atoms with Crippen molar-refractivity contribution < 1.29 is 9.84 Å². The lowest BCUT2D eigenvalue weighted by molar-refractivity contribution is 0.218. The number of benzene rings is 1. The highest BCUT2D eigenvalue weighted by atomic mass is 79.9. The molecule has 0 saturated heterocycles. The van der Waals surface area contributed by atoms with E-state index in [-0.39, 0.29) is 0 Å². The molecule has 2 rings (SSSR count). The summed E-state index contributed by atoms with van der Waals surface area (Å²) in [4.78, 5) is 0.875. The van der Waals surface area contributed by atoms with E-state index in [4.69, 9.17) is 4.74 Å². The van der Waals surface area contributed by atoms with Crippen LogP contribution >= 0.6 is 43.2 Å². The van der Waals surface area contributed by atoms with Crippen molar-refractivity contribution in [2.24, 2.45) is 0 Å². The molecule has 0 radical (unpaired) electrons. The zero-order valence-electron chi connectivity index (χ0n) is 10.8. The van der Waals surface area contributed by atoms with E-state index in [9.17, 15) is 5.11 Å². The van der Waals surface area contributed by atoms with Gasteiger partial charge >= 0.3 is 0 Å². The number of hydrogen-bond acceptors (Lipinski definition) is 3. The minimum absolute atomic E-state index is 0.679. The van der Waals surface area contributed by atoms with Crippen LogP contribution in [0.4, 0.5) is 0 Å². The lowest BCUT2D eigenvalue weighted by Crippen LogP contribution is -2.03. The van der Waals surface area contributed by atoms with Crippen molar-refractivity contribution in [3.63, 3.8) is 0 Å². The van der Waals surface area contributed by atoms with Crippen LogP contribution in [0.2, 0.25) is 0 Å². The summed E-state index contributed by atoms with van der Waals surface area (Å²) in [6, 6.07) is 5.86. The van der Waals surface area contributed by atoms with Gasteiger partial charge in [-0.25, -0.2) is 0 Å². The smallest absolute Gasteiger partial charge is 0.128 e. The SMILES string of the molecule is COc1c(C(O)c2cc(Br)c(Br)s2)ccc(C)c1C. The van der Waals surface area contributed by atoms with Gasteiger partial charge in [-0.2, -0.15) is 0 Å². The van der Waals surface area contributed by atoms with Gasteiger partial charge in [0.1, 0.15) is 11.9 Å². The summed E-state index contributed by atoms with van der Waals surface area (Å²) in [5, 5.41) is 10.5. The molecule has 0 aliphatic carbocycles. The van der Waals surface area contributed by atoms with E-state index in [1.807, 2.05) is 32.0 Å². The molecule has 1 heterocycles. The lowest BCUT2D eigenvalue weighted by Gasteiger charge is -2.17. The maximum Gasteiger partial charge on any atom is 0.128 e. The van der Waals surface area contributed by atoms with E-state index < -0.39 is 6.10 Å². The molecule has 1 aromatic heterocycles. The van der Waals surface area contributed by atoms with E-state index in [0.717, 1.165) is 35.6 Å². The van der Waals surface area contributed by atoms with Crippen LogP contribution in [0.1, 0.15) is 27.7 Å². The molecule has 1 aromatic carbocycles. The monoisotopic (exact) mass is 404 g/mol. The molecular formula is C14H14Br2O2S. The molecular weight excluding hydrogens is 392 g/mol. The Morgan fingerprint density at radius 3 is 2.47 bits per heavy atom. The fourth-order valence-electron chi connectivity index (χ4n) is 1.95. The van der Waals surface area contributed by atoms with Gasteiger partial charge < -0.3 is 9.84 Å². The van der Waals surface area contributed by atoms with Gasteiger partial charge in [0, 0.05) is 14.9 Å². The van der Waals surface area contributed by atoms with Crippen molar-refractivity contribution >= 4 is 43.2 Å². The van der Waals surface area contributed by atoms with Crippen LogP contribution in [-0.4, -0.2) is 12.2 Å². The average Bonchev–Trinajstić information content (AvgIpc) is 2.72. The second-order valence-electron chi connectivity index (χ2n) is 4.30. The van der Waals surface area contributed by atoms with Crippen molar-refractivity contribution in [3.8, 4) is 5.75 Å². The van der Waals surface area contributed by atoms with Gasteiger partial charge in [-0.05, 0) is 62.9 Å². The maximum absolute atomic E-state index is 10.5. The Bertz CT molecular complexity index is 588. The minimum Gasteiger partial charge on any atom is -0.496 e. The van der Waals surface area contributed by atoms with Gasteiger partial charge in [0.05, 0.1) is 10.9 Å². The second-order valence-corrected chi connectivity index (χ2v) is 7.56. The largest absolute Gasteiger partial charge is 0.496 e. The van der Waals surface area contributed by atoms with Crippen molar-refractivity contribution in [2.45, 2.75) is 20.0 Å². The molecule has 5 heteroatoms. The predicted octanol–water partition coefficient (Wildman–Crippen LogP) is 4.98. The number of methoxy groups -OCH3 is 1. The minimum atomic E-state index is -0.679. The number of aliphatic hydroxyl groups excluding tert-OH is 1.